The van der Waals surface area contributed by atoms with Crippen molar-refractivity contribution in [2.24, 2.45) is 0 Å². The number of aryl methyl sites for hydroxylation is 2. The van der Waals surface area contributed by atoms with E-state index in [4.69, 9.17) is 0 Å². The van der Waals surface area contributed by atoms with Crippen molar-refractivity contribution in [1.29, 1.82) is 0 Å². The number of hydrogen-bond donors (Lipinski definition) is 0. The highest BCUT2D eigenvalue weighted by atomic mass is 19.1. The molecule has 2 aromatic carbocycles. The minimum absolute atomic E-state index is 0.395. The van der Waals surface area contributed by atoms with Crippen LogP contribution in [0.25, 0.3) is 22.5 Å². The van der Waals surface area contributed by atoms with Crippen molar-refractivity contribution in [3.05, 3.63) is 71.8 Å². The van der Waals surface area contributed by atoms with Crippen LogP contribution in [0.3, 0.4) is 0 Å². The fourth-order valence-electron chi connectivity index (χ4n) is 3.51. The van der Waals surface area contributed by atoms with E-state index in [-0.39, 0.29) is 0 Å². The molecular weight excluding hydrogens is 359 g/mol. The molecule has 0 amide bonds. The minimum Gasteiger partial charge on any atom is -0.236 e. The molecule has 0 aliphatic heterocycles. The van der Waals surface area contributed by atoms with Gasteiger partial charge in [-0.3, -0.25) is 0 Å². The molecule has 0 saturated heterocycles. The Hall–Kier alpha value is -2.55. The number of hydrogen-bond acceptors (Lipinski definition) is 2. The Morgan fingerprint density at radius 2 is 1.24 bits per heavy atom. The highest BCUT2D eigenvalue weighted by molar-refractivity contribution is 5.67. The van der Waals surface area contributed by atoms with Crippen LogP contribution in [0.1, 0.15) is 63.5 Å². The SMILES string of the molecule is CCCCCc1ccc(-c2ccc(-c3ncc(CCCCC)c(F)n3)cc2)cc1. The molecule has 0 aliphatic carbocycles. The van der Waals surface area contributed by atoms with Crippen molar-refractivity contribution in [2.75, 3.05) is 0 Å². The molecule has 3 rings (SSSR count). The number of halogens is 1. The van der Waals surface area contributed by atoms with Gasteiger partial charge in [0.25, 0.3) is 0 Å². The van der Waals surface area contributed by atoms with Crippen molar-refractivity contribution in [1.82, 2.24) is 9.97 Å². The summed E-state index contributed by atoms with van der Waals surface area (Å²) in [5, 5.41) is 0. The molecule has 0 unspecified atom stereocenters. The van der Waals surface area contributed by atoms with Gasteiger partial charge in [-0.05, 0) is 42.4 Å². The first-order chi connectivity index (χ1) is 14.2. The molecule has 0 fully saturated rings. The first-order valence-corrected chi connectivity index (χ1v) is 10.9. The predicted octanol–water partition coefficient (Wildman–Crippen LogP) is 7.42. The summed E-state index contributed by atoms with van der Waals surface area (Å²) >= 11 is 0. The lowest BCUT2D eigenvalue weighted by atomic mass is 10.0. The van der Waals surface area contributed by atoms with Crippen LogP contribution in [-0.4, -0.2) is 9.97 Å². The van der Waals surface area contributed by atoms with E-state index in [1.54, 1.807) is 6.20 Å². The lowest BCUT2D eigenvalue weighted by Gasteiger charge is -2.07. The lowest BCUT2D eigenvalue weighted by molar-refractivity contribution is 0.556. The summed E-state index contributed by atoms with van der Waals surface area (Å²) in [5.74, 6) is 0.0494. The van der Waals surface area contributed by atoms with Crippen molar-refractivity contribution in [3.8, 4) is 22.5 Å². The molecule has 0 bridgehead atoms. The maximum Gasteiger partial charge on any atom is 0.219 e. The average molecular weight is 391 g/mol. The van der Waals surface area contributed by atoms with Crippen LogP contribution in [-0.2, 0) is 12.8 Å². The van der Waals surface area contributed by atoms with E-state index in [1.165, 1.54) is 30.4 Å². The predicted molar refractivity (Wildman–Crippen MR) is 119 cm³/mol. The first kappa shape index (κ1) is 21.2. The van der Waals surface area contributed by atoms with Crippen LogP contribution >= 0.6 is 0 Å². The number of nitrogens with zero attached hydrogens (tertiary/aromatic N) is 2. The topological polar surface area (TPSA) is 25.8 Å². The highest BCUT2D eigenvalue weighted by Crippen LogP contribution is 2.24. The molecule has 1 aromatic heterocycles. The summed E-state index contributed by atoms with van der Waals surface area (Å²) in [6, 6.07) is 16.8. The van der Waals surface area contributed by atoms with Crippen molar-refractivity contribution in [2.45, 2.75) is 65.2 Å². The summed E-state index contributed by atoms with van der Waals surface area (Å²) in [4.78, 5) is 8.48. The Bertz CT molecular complexity index is 886. The van der Waals surface area contributed by atoms with Crippen LogP contribution in [0.4, 0.5) is 4.39 Å². The summed E-state index contributed by atoms with van der Waals surface area (Å²) in [6.07, 6.45) is 10.5. The molecule has 29 heavy (non-hydrogen) atoms. The molecular formula is C26H31FN2. The van der Waals surface area contributed by atoms with Crippen LogP contribution in [0.15, 0.2) is 54.7 Å². The average Bonchev–Trinajstić information content (AvgIpc) is 2.76. The van der Waals surface area contributed by atoms with Gasteiger partial charge in [0, 0.05) is 17.3 Å². The van der Waals surface area contributed by atoms with Gasteiger partial charge in [-0.15, -0.1) is 0 Å². The zero-order chi connectivity index (χ0) is 20.5. The van der Waals surface area contributed by atoms with Crippen molar-refractivity contribution in [3.63, 3.8) is 0 Å². The van der Waals surface area contributed by atoms with Crippen molar-refractivity contribution < 1.29 is 4.39 Å². The van der Waals surface area contributed by atoms with E-state index in [0.717, 1.165) is 36.8 Å². The van der Waals surface area contributed by atoms with Gasteiger partial charge < -0.3 is 0 Å². The molecule has 0 aliphatic rings. The molecule has 2 nitrogen and oxygen atoms in total. The van der Waals surface area contributed by atoms with E-state index in [0.29, 0.717) is 17.8 Å². The fourth-order valence-corrected chi connectivity index (χ4v) is 3.51. The Morgan fingerprint density at radius 1 is 0.690 bits per heavy atom. The smallest absolute Gasteiger partial charge is 0.219 e. The van der Waals surface area contributed by atoms with E-state index in [1.807, 2.05) is 12.1 Å². The Balaban J connectivity index is 1.67. The van der Waals surface area contributed by atoms with Gasteiger partial charge in [0.15, 0.2) is 5.82 Å². The molecule has 3 aromatic rings. The van der Waals surface area contributed by atoms with Crippen LogP contribution in [0.2, 0.25) is 0 Å². The van der Waals surface area contributed by atoms with E-state index >= 15 is 0 Å². The highest BCUT2D eigenvalue weighted by Gasteiger charge is 2.09. The van der Waals surface area contributed by atoms with Gasteiger partial charge in [-0.25, -0.2) is 4.98 Å². The zero-order valence-electron chi connectivity index (χ0n) is 17.6. The van der Waals surface area contributed by atoms with E-state index in [2.05, 4.69) is 60.2 Å². The van der Waals surface area contributed by atoms with Gasteiger partial charge in [0.2, 0.25) is 5.95 Å². The number of rotatable bonds is 10. The maximum absolute atomic E-state index is 14.3. The second-order valence-corrected chi connectivity index (χ2v) is 7.70. The molecule has 0 N–H and O–H groups in total. The molecule has 0 radical (unpaired) electrons. The second kappa shape index (κ2) is 10.8. The van der Waals surface area contributed by atoms with Gasteiger partial charge in [0.1, 0.15) is 0 Å². The molecule has 0 spiro atoms. The van der Waals surface area contributed by atoms with Crippen molar-refractivity contribution >= 4 is 0 Å². The largest absolute Gasteiger partial charge is 0.236 e. The number of unbranched alkanes of at least 4 members (excludes halogenated alkanes) is 4. The van der Waals surface area contributed by atoms with Crippen LogP contribution < -0.4 is 0 Å². The van der Waals surface area contributed by atoms with Gasteiger partial charge in [-0.1, -0.05) is 88.1 Å². The molecule has 3 heteroatoms. The summed E-state index contributed by atoms with van der Waals surface area (Å²) < 4.78 is 14.3. The quantitative estimate of drug-likeness (QED) is 0.266. The third kappa shape index (κ3) is 5.96. The third-order valence-corrected chi connectivity index (χ3v) is 5.36. The third-order valence-electron chi connectivity index (χ3n) is 5.36. The summed E-state index contributed by atoms with van der Waals surface area (Å²) in [6.45, 7) is 4.37. The normalized spacial score (nSPS) is 11.0. The van der Waals surface area contributed by atoms with E-state index < -0.39 is 5.95 Å². The van der Waals surface area contributed by atoms with Gasteiger partial charge in [-0.2, -0.15) is 9.37 Å². The molecule has 0 atom stereocenters. The monoisotopic (exact) mass is 390 g/mol. The summed E-state index contributed by atoms with van der Waals surface area (Å²) in [5.41, 5.74) is 5.17. The van der Waals surface area contributed by atoms with Crippen LogP contribution in [0, 0.1) is 5.95 Å². The number of benzene rings is 2. The minimum atomic E-state index is -0.395. The Labute approximate surface area is 174 Å². The molecule has 0 saturated carbocycles. The Kier molecular flexibility index (Phi) is 7.92. The first-order valence-electron chi connectivity index (χ1n) is 10.9. The summed E-state index contributed by atoms with van der Waals surface area (Å²) in [7, 11) is 0. The zero-order valence-corrected chi connectivity index (χ0v) is 17.6. The number of aromatic nitrogens is 2. The molecule has 1 heterocycles. The van der Waals surface area contributed by atoms with Gasteiger partial charge in [0.05, 0.1) is 0 Å². The molecule has 152 valence electrons. The fraction of sp³-hybridized carbons (Fsp3) is 0.385. The van der Waals surface area contributed by atoms with Gasteiger partial charge >= 0.3 is 0 Å². The van der Waals surface area contributed by atoms with E-state index in [9.17, 15) is 4.39 Å². The lowest BCUT2D eigenvalue weighted by Crippen LogP contribution is -1.99. The Morgan fingerprint density at radius 3 is 1.83 bits per heavy atom. The van der Waals surface area contributed by atoms with Crippen LogP contribution in [0.5, 0.6) is 0 Å². The standard InChI is InChI=1S/C26H31FN2/c1-3-5-7-9-20-11-13-21(14-12-20)22-15-17-23(18-16-22)26-28-19-24(25(27)29-26)10-8-6-4-2/h11-19H,3-10H2,1-2H3. The second-order valence-electron chi connectivity index (χ2n) is 7.70. The maximum atomic E-state index is 14.3.